The minimum Gasteiger partial charge on any atom is -0.368 e. The standard InChI is InChI=1S/C14H21N3S/c1-5-14(6-2,18-4)10-17-13-12(9-15)11(3)7-8-16-13/h7-8H,5-6,10H2,1-4H3,(H,16,17). The summed E-state index contributed by atoms with van der Waals surface area (Å²) in [6.45, 7) is 7.19. The van der Waals surface area contributed by atoms with Gasteiger partial charge < -0.3 is 5.32 Å². The van der Waals surface area contributed by atoms with E-state index in [0.717, 1.165) is 24.9 Å². The quantitative estimate of drug-likeness (QED) is 0.852. The molecule has 0 fully saturated rings. The number of thioether (sulfide) groups is 1. The molecule has 0 aliphatic heterocycles. The van der Waals surface area contributed by atoms with Gasteiger partial charge in [-0.2, -0.15) is 17.0 Å². The maximum absolute atomic E-state index is 9.17. The molecule has 1 heterocycles. The predicted molar refractivity (Wildman–Crippen MR) is 79.0 cm³/mol. The van der Waals surface area contributed by atoms with Gasteiger partial charge in [-0.05, 0) is 37.7 Å². The van der Waals surface area contributed by atoms with Crippen molar-refractivity contribution in [2.45, 2.75) is 38.4 Å². The molecular formula is C14H21N3S. The largest absolute Gasteiger partial charge is 0.368 e. The molecule has 98 valence electrons. The fraction of sp³-hybridized carbons (Fsp3) is 0.571. The Labute approximate surface area is 114 Å². The van der Waals surface area contributed by atoms with E-state index in [9.17, 15) is 0 Å². The third kappa shape index (κ3) is 3.17. The van der Waals surface area contributed by atoms with Gasteiger partial charge in [0.1, 0.15) is 11.9 Å². The van der Waals surface area contributed by atoms with Crippen LogP contribution in [0.25, 0.3) is 0 Å². The van der Waals surface area contributed by atoms with Crippen LogP contribution in [0, 0.1) is 18.3 Å². The molecular weight excluding hydrogens is 242 g/mol. The lowest BCUT2D eigenvalue weighted by molar-refractivity contribution is 0.574. The molecule has 1 aromatic heterocycles. The summed E-state index contributed by atoms with van der Waals surface area (Å²) in [6.07, 6.45) is 6.09. The topological polar surface area (TPSA) is 48.7 Å². The second-order valence-electron chi connectivity index (χ2n) is 4.41. The molecule has 0 bridgehead atoms. The van der Waals surface area contributed by atoms with Gasteiger partial charge >= 0.3 is 0 Å². The third-order valence-electron chi connectivity index (χ3n) is 3.57. The van der Waals surface area contributed by atoms with Crippen LogP contribution >= 0.6 is 11.8 Å². The normalized spacial score (nSPS) is 11.1. The molecule has 0 spiro atoms. The summed E-state index contributed by atoms with van der Waals surface area (Å²) in [7, 11) is 0. The first-order valence-corrected chi connectivity index (χ1v) is 7.49. The van der Waals surface area contributed by atoms with E-state index < -0.39 is 0 Å². The first kappa shape index (κ1) is 14.8. The Hall–Kier alpha value is -1.21. The van der Waals surface area contributed by atoms with Crippen LogP contribution in [0.5, 0.6) is 0 Å². The fourth-order valence-corrected chi connectivity index (χ4v) is 2.73. The average Bonchev–Trinajstić information content (AvgIpc) is 2.41. The van der Waals surface area contributed by atoms with Crippen molar-refractivity contribution in [2.75, 3.05) is 18.1 Å². The van der Waals surface area contributed by atoms with Crippen LogP contribution in [0.3, 0.4) is 0 Å². The van der Waals surface area contributed by atoms with Gasteiger partial charge in [-0.15, -0.1) is 0 Å². The predicted octanol–water partition coefficient (Wildman–Crippen LogP) is 3.60. The van der Waals surface area contributed by atoms with E-state index in [2.05, 4.69) is 36.5 Å². The summed E-state index contributed by atoms with van der Waals surface area (Å²) in [4.78, 5) is 4.27. The molecule has 0 amide bonds. The molecule has 0 unspecified atom stereocenters. The van der Waals surface area contributed by atoms with E-state index in [1.54, 1.807) is 6.20 Å². The molecule has 3 nitrogen and oxygen atoms in total. The molecule has 1 N–H and O–H groups in total. The fourth-order valence-electron chi connectivity index (χ4n) is 1.94. The van der Waals surface area contributed by atoms with E-state index in [1.165, 1.54) is 0 Å². The van der Waals surface area contributed by atoms with E-state index in [4.69, 9.17) is 5.26 Å². The number of anilines is 1. The second-order valence-corrected chi connectivity index (χ2v) is 5.69. The first-order valence-electron chi connectivity index (χ1n) is 6.27. The summed E-state index contributed by atoms with van der Waals surface area (Å²) in [5.74, 6) is 0.706. The van der Waals surface area contributed by atoms with E-state index in [-0.39, 0.29) is 4.75 Å². The van der Waals surface area contributed by atoms with Gasteiger partial charge in [-0.1, -0.05) is 13.8 Å². The molecule has 1 rings (SSSR count). The Morgan fingerprint density at radius 3 is 2.61 bits per heavy atom. The highest BCUT2D eigenvalue weighted by atomic mass is 32.2. The Morgan fingerprint density at radius 1 is 1.44 bits per heavy atom. The van der Waals surface area contributed by atoms with Gasteiger partial charge in [-0.3, -0.25) is 0 Å². The van der Waals surface area contributed by atoms with E-state index >= 15 is 0 Å². The van der Waals surface area contributed by atoms with Gasteiger partial charge in [0, 0.05) is 17.5 Å². The molecule has 0 radical (unpaired) electrons. The lowest BCUT2D eigenvalue weighted by Gasteiger charge is -2.30. The van der Waals surface area contributed by atoms with Crippen molar-refractivity contribution in [1.82, 2.24) is 4.98 Å². The molecule has 0 aromatic carbocycles. The molecule has 4 heteroatoms. The summed E-state index contributed by atoms with van der Waals surface area (Å²) >= 11 is 1.88. The van der Waals surface area contributed by atoms with Gasteiger partial charge in [0.05, 0.1) is 5.56 Å². The summed E-state index contributed by atoms with van der Waals surface area (Å²) in [5, 5.41) is 12.5. The summed E-state index contributed by atoms with van der Waals surface area (Å²) in [5.41, 5.74) is 1.62. The lowest BCUT2D eigenvalue weighted by atomic mass is 10.0. The smallest absolute Gasteiger partial charge is 0.144 e. The SMILES string of the molecule is CCC(CC)(CNc1nccc(C)c1C#N)SC. The van der Waals surface area contributed by atoms with Crippen LogP contribution in [0.15, 0.2) is 12.3 Å². The highest BCUT2D eigenvalue weighted by Crippen LogP contribution is 2.31. The Morgan fingerprint density at radius 2 is 2.11 bits per heavy atom. The Kier molecular flexibility index (Phi) is 5.49. The Bertz CT molecular complexity index is 425. The monoisotopic (exact) mass is 263 g/mol. The zero-order chi connectivity index (χ0) is 13.6. The van der Waals surface area contributed by atoms with Crippen molar-refractivity contribution in [1.29, 1.82) is 5.26 Å². The van der Waals surface area contributed by atoms with Crippen LogP contribution in [0.2, 0.25) is 0 Å². The van der Waals surface area contributed by atoms with Gasteiger partial charge in [0.15, 0.2) is 0 Å². The van der Waals surface area contributed by atoms with Crippen molar-refractivity contribution >= 4 is 17.6 Å². The maximum Gasteiger partial charge on any atom is 0.144 e. The number of nitrogens with zero attached hydrogens (tertiary/aromatic N) is 2. The Balaban J connectivity index is 2.87. The van der Waals surface area contributed by atoms with Gasteiger partial charge in [-0.25, -0.2) is 4.98 Å². The summed E-state index contributed by atoms with van der Waals surface area (Å²) in [6, 6.07) is 4.09. The number of rotatable bonds is 6. The number of hydrogen-bond acceptors (Lipinski definition) is 4. The molecule has 0 aliphatic rings. The van der Waals surface area contributed by atoms with Gasteiger partial charge in [0.2, 0.25) is 0 Å². The number of pyridine rings is 1. The van der Waals surface area contributed by atoms with Crippen molar-refractivity contribution in [3.05, 3.63) is 23.4 Å². The van der Waals surface area contributed by atoms with Crippen molar-refractivity contribution in [3.8, 4) is 6.07 Å². The number of nitriles is 1. The number of aromatic nitrogens is 1. The first-order chi connectivity index (χ1) is 8.62. The number of hydrogen-bond donors (Lipinski definition) is 1. The van der Waals surface area contributed by atoms with Crippen LogP contribution in [0.1, 0.15) is 37.8 Å². The lowest BCUT2D eigenvalue weighted by Crippen LogP contribution is -2.32. The van der Waals surface area contributed by atoms with Crippen molar-refractivity contribution < 1.29 is 0 Å². The van der Waals surface area contributed by atoms with Crippen LogP contribution in [-0.2, 0) is 0 Å². The molecule has 0 saturated heterocycles. The minimum absolute atomic E-state index is 0.220. The molecule has 18 heavy (non-hydrogen) atoms. The second kappa shape index (κ2) is 6.65. The van der Waals surface area contributed by atoms with Crippen LogP contribution in [-0.4, -0.2) is 22.5 Å². The number of aryl methyl sites for hydroxylation is 1. The molecule has 0 saturated carbocycles. The summed E-state index contributed by atoms with van der Waals surface area (Å²) < 4.78 is 0.220. The van der Waals surface area contributed by atoms with Crippen LogP contribution in [0.4, 0.5) is 5.82 Å². The average molecular weight is 263 g/mol. The highest BCUT2D eigenvalue weighted by Gasteiger charge is 2.25. The molecule has 0 atom stereocenters. The third-order valence-corrected chi connectivity index (χ3v) is 5.16. The van der Waals surface area contributed by atoms with Gasteiger partial charge in [0.25, 0.3) is 0 Å². The van der Waals surface area contributed by atoms with Crippen molar-refractivity contribution in [3.63, 3.8) is 0 Å². The van der Waals surface area contributed by atoms with E-state index in [1.807, 2.05) is 24.8 Å². The zero-order valence-electron chi connectivity index (χ0n) is 11.6. The molecule has 1 aromatic rings. The van der Waals surface area contributed by atoms with E-state index in [0.29, 0.717) is 11.4 Å². The number of nitrogens with one attached hydrogen (secondary N) is 1. The minimum atomic E-state index is 0.220. The highest BCUT2D eigenvalue weighted by molar-refractivity contribution is 8.00. The van der Waals surface area contributed by atoms with Crippen LogP contribution < -0.4 is 5.32 Å². The molecule has 0 aliphatic carbocycles. The maximum atomic E-state index is 9.17. The zero-order valence-corrected chi connectivity index (χ0v) is 12.4. The van der Waals surface area contributed by atoms with Crippen molar-refractivity contribution in [2.24, 2.45) is 0 Å².